The Kier molecular flexibility index (Phi) is 4.81. The summed E-state index contributed by atoms with van der Waals surface area (Å²) in [4.78, 5) is 5.42. The summed E-state index contributed by atoms with van der Waals surface area (Å²) in [5.74, 6) is 1.35. The summed E-state index contributed by atoms with van der Waals surface area (Å²) < 4.78 is 26.7. The molecule has 22 heavy (non-hydrogen) atoms. The van der Waals surface area contributed by atoms with Gasteiger partial charge in [-0.05, 0) is 36.6 Å². The quantitative estimate of drug-likeness (QED) is 0.789. The van der Waals surface area contributed by atoms with Crippen LogP contribution in [0.4, 0.5) is 0 Å². The van der Waals surface area contributed by atoms with Gasteiger partial charge in [0, 0.05) is 36.1 Å². The van der Waals surface area contributed by atoms with Gasteiger partial charge in [0.1, 0.15) is 4.90 Å². The van der Waals surface area contributed by atoms with Crippen LogP contribution in [0.1, 0.15) is 6.42 Å². The van der Waals surface area contributed by atoms with Crippen LogP contribution in [0, 0.1) is 5.92 Å². The first-order valence-corrected chi connectivity index (χ1v) is 9.67. The first kappa shape index (κ1) is 15.5. The molecule has 1 aliphatic rings. The van der Waals surface area contributed by atoms with E-state index in [1.807, 2.05) is 18.2 Å². The topological polar surface area (TPSA) is 50.3 Å². The maximum Gasteiger partial charge on any atom is 0.244 e. The van der Waals surface area contributed by atoms with Crippen molar-refractivity contribution in [3.05, 3.63) is 54.9 Å². The van der Waals surface area contributed by atoms with Gasteiger partial charge in [-0.2, -0.15) is 4.31 Å². The molecule has 0 radical (unpaired) electrons. The van der Waals surface area contributed by atoms with Gasteiger partial charge >= 0.3 is 0 Å². The van der Waals surface area contributed by atoms with Crippen LogP contribution in [0.3, 0.4) is 0 Å². The number of hydrogen-bond acceptors (Lipinski definition) is 4. The molecular weight excluding hydrogens is 316 g/mol. The zero-order valence-electron chi connectivity index (χ0n) is 12.1. The molecule has 1 fully saturated rings. The molecule has 1 aromatic heterocycles. The molecule has 0 aliphatic carbocycles. The first-order valence-electron chi connectivity index (χ1n) is 7.24. The minimum Gasteiger partial charge on any atom is -0.263 e. The monoisotopic (exact) mass is 334 g/mol. The maximum atomic E-state index is 12.5. The molecule has 2 heterocycles. The Morgan fingerprint density at radius 2 is 2.00 bits per heavy atom. The summed E-state index contributed by atoms with van der Waals surface area (Å²) in [6.45, 7) is 1.19. The van der Waals surface area contributed by atoms with E-state index in [2.05, 4.69) is 17.1 Å². The molecule has 1 aromatic carbocycles. The number of sulfonamides is 1. The van der Waals surface area contributed by atoms with E-state index >= 15 is 0 Å². The maximum absolute atomic E-state index is 12.5. The Morgan fingerprint density at radius 1 is 1.18 bits per heavy atom. The molecule has 1 aliphatic heterocycles. The van der Waals surface area contributed by atoms with E-state index < -0.39 is 10.0 Å². The molecule has 0 N–H and O–H groups in total. The van der Waals surface area contributed by atoms with E-state index in [-0.39, 0.29) is 4.90 Å². The number of benzene rings is 1. The lowest BCUT2D eigenvalue weighted by atomic mass is 10.2. The van der Waals surface area contributed by atoms with Gasteiger partial charge in [0.2, 0.25) is 10.0 Å². The molecule has 116 valence electrons. The zero-order chi connectivity index (χ0) is 15.4. The Labute approximate surface area is 135 Å². The van der Waals surface area contributed by atoms with Crippen molar-refractivity contribution in [2.75, 3.05) is 18.8 Å². The predicted molar refractivity (Wildman–Crippen MR) is 88.3 cm³/mol. The molecule has 6 heteroatoms. The Hall–Kier alpha value is -1.37. The molecule has 0 spiro atoms. The molecule has 0 unspecified atom stereocenters. The van der Waals surface area contributed by atoms with Crippen molar-refractivity contribution in [1.82, 2.24) is 9.29 Å². The number of thioether (sulfide) groups is 1. The van der Waals surface area contributed by atoms with Gasteiger partial charge in [0.25, 0.3) is 0 Å². The molecule has 0 saturated carbocycles. The first-order chi connectivity index (χ1) is 10.7. The second-order valence-corrected chi connectivity index (χ2v) is 8.36. The highest BCUT2D eigenvalue weighted by Crippen LogP contribution is 2.28. The molecule has 3 rings (SSSR count). The Balaban J connectivity index is 1.60. The lowest BCUT2D eigenvalue weighted by Gasteiger charge is -2.16. The molecule has 0 amide bonds. The van der Waals surface area contributed by atoms with Crippen molar-refractivity contribution in [3.63, 3.8) is 0 Å². The van der Waals surface area contributed by atoms with E-state index in [4.69, 9.17) is 0 Å². The highest BCUT2D eigenvalue weighted by Gasteiger charge is 2.32. The summed E-state index contributed by atoms with van der Waals surface area (Å²) in [5.41, 5.74) is 0. The van der Waals surface area contributed by atoms with Crippen molar-refractivity contribution in [2.45, 2.75) is 16.2 Å². The van der Waals surface area contributed by atoms with Crippen molar-refractivity contribution < 1.29 is 8.42 Å². The van der Waals surface area contributed by atoms with Crippen LogP contribution in [0.5, 0.6) is 0 Å². The highest BCUT2D eigenvalue weighted by atomic mass is 32.2. The van der Waals surface area contributed by atoms with Crippen LogP contribution in [0.25, 0.3) is 0 Å². The third kappa shape index (κ3) is 3.51. The van der Waals surface area contributed by atoms with Crippen molar-refractivity contribution in [1.29, 1.82) is 0 Å². The van der Waals surface area contributed by atoms with Crippen LogP contribution in [0.15, 0.2) is 64.6 Å². The van der Waals surface area contributed by atoms with Gasteiger partial charge in [0.15, 0.2) is 0 Å². The zero-order valence-corrected chi connectivity index (χ0v) is 13.8. The summed E-state index contributed by atoms with van der Waals surface area (Å²) in [7, 11) is -3.39. The third-order valence-corrected chi connectivity index (χ3v) is 6.84. The van der Waals surface area contributed by atoms with Crippen LogP contribution in [-0.2, 0) is 10.0 Å². The fourth-order valence-corrected chi connectivity index (χ4v) is 5.08. The summed E-state index contributed by atoms with van der Waals surface area (Å²) >= 11 is 1.79. The van der Waals surface area contributed by atoms with Gasteiger partial charge in [-0.15, -0.1) is 11.8 Å². The molecule has 0 bridgehead atoms. The van der Waals surface area contributed by atoms with E-state index in [9.17, 15) is 8.42 Å². The van der Waals surface area contributed by atoms with Gasteiger partial charge < -0.3 is 0 Å². The predicted octanol–water partition coefficient (Wildman–Crippen LogP) is 2.88. The van der Waals surface area contributed by atoms with E-state index in [1.54, 1.807) is 34.4 Å². The summed E-state index contributed by atoms with van der Waals surface area (Å²) in [5, 5.41) is 0. The van der Waals surface area contributed by atoms with Crippen LogP contribution >= 0.6 is 11.8 Å². The fraction of sp³-hybridized carbons (Fsp3) is 0.312. The largest absolute Gasteiger partial charge is 0.263 e. The second-order valence-electron chi connectivity index (χ2n) is 5.33. The van der Waals surface area contributed by atoms with Gasteiger partial charge in [-0.1, -0.05) is 18.2 Å². The van der Waals surface area contributed by atoms with E-state index in [1.165, 1.54) is 11.1 Å². The van der Waals surface area contributed by atoms with Gasteiger partial charge in [0.05, 0.1) is 0 Å². The fourth-order valence-electron chi connectivity index (χ4n) is 2.53. The second kappa shape index (κ2) is 6.81. The SMILES string of the molecule is O=S(=O)(c1cccnc1)N1CC[C@H](CSc2ccccc2)C1. The molecule has 1 saturated heterocycles. The molecule has 4 nitrogen and oxygen atoms in total. The minimum absolute atomic E-state index is 0.284. The standard InChI is InChI=1S/C16H18N2O2S2/c19-22(20,16-7-4-9-17-11-16)18-10-8-14(12-18)13-21-15-5-2-1-3-6-15/h1-7,9,11,14H,8,10,12-13H2/t14-/m0/s1. The lowest BCUT2D eigenvalue weighted by molar-refractivity contribution is 0.465. The third-order valence-electron chi connectivity index (χ3n) is 3.75. The molecular formula is C16H18N2O2S2. The van der Waals surface area contributed by atoms with Crippen molar-refractivity contribution >= 4 is 21.8 Å². The van der Waals surface area contributed by atoms with E-state index in [0.29, 0.717) is 19.0 Å². The highest BCUT2D eigenvalue weighted by molar-refractivity contribution is 7.99. The van der Waals surface area contributed by atoms with Crippen LogP contribution in [-0.4, -0.2) is 36.5 Å². The average Bonchev–Trinajstić information content (AvgIpc) is 3.04. The molecule has 2 aromatic rings. The van der Waals surface area contributed by atoms with Crippen LogP contribution < -0.4 is 0 Å². The number of rotatable bonds is 5. The van der Waals surface area contributed by atoms with Crippen molar-refractivity contribution in [3.8, 4) is 0 Å². The van der Waals surface area contributed by atoms with Gasteiger partial charge in [-0.3, -0.25) is 4.98 Å². The summed E-state index contributed by atoms with van der Waals surface area (Å²) in [6, 6.07) is 13.5. The Morgan fingerprint density at radius 3 is 2.73 bits per heavy atom. The number of nitrogens with zero attached hydrogens (tertiary/aromatic N) is 2. The average molecular weight is 334 g/mol. The van der Waals surface area contributed by atoms with Crippen LogP contribution in [0.2, 0.25) is 0 Å². The summed E-state index contributed by atoms with van der Waals surface area (Å²) in [6.07, 6.45) is 3.92. The molecule has 1 atom stereocenters. The minimum atomic E-state index is -3.39. The van der Waals surface area contributed by atoms with Crippen molar-refractivity contribution in [2.24, 2.45) is 5.92 Å². The number of hydrogen-bond donors (Lipinski definition) is 0. The number of aromatic nitrogens is 1. The Bertz CT molecular complexity index is 705. The lowest BCUT2D eigenvalue weighted by Crippen LogP contribution is -2.29. The van der Waals surface area contributed by atoms with Gasteiger partial charge in [-0.25, -0.2) is 8.42 Å². The normalized spacial score (nSPS) is 19.4. The van der Waals surface area contributed by atoms with E-state index in [0.717, 1.165) is 12.2 Å². The number of pyridine rings is 1. The smallest absolute Gasteiger partial charge is 0.244 e.